The first-order valence-corrected chi connectivity index (χ1v) is 7.21. The van der Waals surface area contributed by atoms with Gasteiger partial charge in [-0.3, -0.25) is 0 Å². The average Bonchev–Trinajstić information content (AvgIpc) is 2.87. The van der Waals surface area contributed by atoms with Gasteiger partial charge in [-0.1, -0.05) is 36.0 Å². The van der Waals surface area contributed by atoms with Gasteiger partial charge in [0, 0.05) is 11.4 Å². The molecule has 0 spiro atoms. The number of anilines is 1. The van der Waals surface area contributed by atoms with Gasteiger partial charge in [0.2, 0.25) is 0 Å². The molecule has 0 bridgehead atoms. The van der Waals surface area contributed by atoms with Crippen LogP contribution < -0.4 is 5.73 Å². The summed E-state index contributed by atoms with van der Waals surface area (Å²) >= 11 is 1.54. The number of oxazole rings is 1. The number of aliphatic hydroxyl groups excluding tert-OH is 1. The third-order valence-corrected chi connectivity index (χ3v) is 3.86. The SMILES string of the molecule is Nc1ccc2oc(SCc3ccc(CO)cc3)nc2c1. The van der Waals surface area contributed by atoms with E-state index in [0.717, 1.165) is 28.0 Å². The van der Waals surface area contributed by atoms with Crippen LogP contribution in [0.4, 0.5) is 5.69 Å². The third-order valence-electron chi connectivity index (χ3n) is 2.96. The lowest BCUT2D eigenvalue weighted by Crippen LogP contribution is -1.85. The van der Waals surface area contributed by atoms with E-state index in [-0.39, 0.29) is 6.61 Å². The second kappa shape index (κ2) is 5.56. The van der Waals surface area contributed by atoms with Crippen molar-refractivity contribution in [1.82, 2.24) is 4.98 Å². The Morgan fingerprint density at radius 1 is 1.10 bits per heavy atom. The Hall–Kier alpha value is -1.98. The Balaban J connectivity index is 1.72. The normalized spacial score (nSPS) is 11.1. The Bertz CT molecular complexity index is 722. The molecular weight excluding hydrogens is 272 g/mol. The Morgan fingerprint density at radius 3 is 2.60 bits per heavy atom. The number of hydrogen-bond donors (Lipinski definition) is 2. The maximum absolute atomic E-state index is 9.00. The summed E-state index contributed by atoms with van der Waals surface area (Å²) in [4.78, 5) is 4.40. The van der Waals surface area contributed by atoms with Gasteiger partial charge in [-0.2, -0.15) is 0 Å². The first kappa shape index (κ1) is 13.0. The molecule has 1 heterocycles. The van der Waals surface area contributed by atoms with Gasteiger partial charge in [0.15, 0.2) is 5.58 Å². The van der Waals surface area contributed by atoms with Crippen LogP contribution in [0.3, 0.4) is 0 Å². The highest BCUT2D eigenvalue weighted by Crippen LogP contribution is 2.27. The highest BCUT2D eigenvalue weighted by Gasteiger charge is 2.07. The van der Waals surface area contributed by atoms with Gasteiger partial charge in [-0.25, -0.2) is 4.98 Å². The number of nitrogen functional groups attached to an aromatic ring is 1. The molecule has 5 heteroatoms. The van der Waals surface area contributed by atoms with Crippen LogP contribution in [-0.2, 0) is 12.4 Å². The van der Waals surface area contributed by atoms with Gasteiger partial charge >= 0.3 is 0 Å². The molecule has 0 unspecified atom stereocenters. The van der Waals surface area contributed by atoms with E-state index in [1.165, 1.54) is 11.8 Å². The zero-order valence-electron chi connectivity index (χ0n) is 10.7. The molecular formula is C15H14N2O2S. The molecule has 3 N–H and O–H groups in total. The number of aromatic nitrogens is 1. The van der Waals surface area contributed by atoms with Crippen molar-refractivity contribution in [3.05, 3.63) is 53.6 Å². The van der Waals surface area contributed by atoms with Crippen LogP contribution in [0, 0.1) is 0 Å². The molecule has 3 aromatic rings. The van der Waals surface area contributed by atoms with Crippen LogP contribution in [-0.4, -0.2) is 10.1 Å². The molecule has 20 heavy (non-hydrogen) atoms. The van der Waals surface area contributed by atoms with Gasteiger partial charge < -0.3 is 15.3 Å². The first-order valence-electron chi connectivity index (χ1n) is 6.22. The average molecular weight is 286 g/mol. The fourth-order valence-electron chi connectivity index (χ4n) is 1.87. The number of rotatable bonds is 4. The van der Waals surface area contributed by atoms with Crippen molar-refractivity contribution in [1.29, 1.82) is 0 Å². The molecule has 0 saturated heterocycles. The minimum Gasteiger partial charge on any atom is -0.431 e. The van der Waals surface area contributed by atoms with E-state index >= 15 is 0 Å². The van der Waals surface area contributed by atoms with E-state index < -0.39 is 0 Å². The number of aliphatic hydroxyl groups is 1. The number of hydrogen-bond acceptors (Lipinski definition) is 5. The van der Waals surface area contributed by atoms with Crippen molar-refractivity contribution >= 4 is 28.5 Å². The summed E-state index contributed by atoms with van der Waals surface area (Å²) in [7, 11) is 0. The number of nitrogens with zero attached hydrogens (tertiary/aromatic N) is 1. The fraction of sp³-hybridized carbons (Fsp3) is 0.133. The van der Waals surface area contributed by atoms with E-state index in [0.29, 0.717) is 10.9 Å². The predicted octanol–water partition coefficient (Wildman–Crippen LogP) is 3.19. The third kappa shape index (κ3) is 2.79. The Kier molecular flexibility index (Phi) is 3.62. The summed E-state index contributed by atoms with van der Waals surface area (Å²) in [6.07, 6.45) is 0. The van der Waals surface area contributed by atoms with Crippen molar-refractivity contribution < 1.29 is 9.52 Å². The van der Waals surface area contributed by atoms with E-state index in [4.69, 9.17) is 15.3 Å². The first-order chi connectivity index (χ1) is 9.74. The summed E-state index contributed by atoms with van der Waals surface area (Å²) in [6.45, 7) is 0.0694. The lowest BCUT2D eigenvalue weighted by atomic mass is 10.2. The lowest BCUT2D eigenvalue weighted by molar-refractivity contribution is 0.282. The minimum atomic E-state index is 0.0694. The van der Waals surface area contributed by atoms with Crippen LogP contribution in [0.25, 0.3) is 11.1 Å². The molecule has 3 rings (SSSR count). The molecule has 0 fully saturated rings. The van der Waals surface area contributed by atoms with E-state index in [1.54, 1.807) is 12.1 Å². The van der Waals surface area contributed by atoms with Gasteiger partial charge in [0.25, 0.3) is 5.22 Å². The monoisotopic (exact) mass is 286 g/mol. The fourth-order valence-corrected chi connectivity index (χ4v) is 2.67. The predicted molar refractivity (Wildman–Crippen MR) is 80.3 cm³/mol. The maximum Gasteiger partial charge on any atom is 0.257 e. The van der Waals surface area contributed by atoms with Crippen LogP contribution >= 0.6 is 11.8 Å². The zero-order valence-corrected chi connectivity index (χ0v) is 11.6. The molecule has 0 aliphatic carbocycles. The molecule has 0 aliphatic heterocycles. The Morgan fingerprint density at radius 2 is 1.85 bits per heavy atom. The second-order valence-electron chi connectivity index (χ2n) is 4.47. The minimum absolute atomic E-state index is 0.0694. The molecule has 0 aliphatic rings. The molecule has 102 valence electrons. The van der Waals surface area contributed by atoms with Crippen LogP contribution in [0.2, 0.25) is 0 Å². The van der Waals surface area contributed by atoms with Crippen molar-refractivity contribution in [3.63, 3.8) is 0 Å². The van der Waals surface area contributed by atoms with Crippen molar-refractivity contribution in [2.24, 2.45) is 0 Å². The molecule has 4 nitrogen and oxygen atoms in total. The van der Waals surface area contributed by atoms with E-state index in [9.17, 15) is 0 Å². The van der Waals surface area contributed by atoms with Gasteiger partial charge in [0.05, 0.1) is 6.61 Å². The topological polar surface area (TPSA) is 72.3 Å². The quantitative estimate of drug-likeness (QED) is 0.569. The molecule has 0 radical (unpaired) electrons. The summed E-state index contributed by atoms with van der Waals surface area (Å²) < 4.78 is 5.65. The number of fused-ring (bicyclic) bond motifs is 1. The van der Waals surface area contributed by atoms with Crippen molar-refractivity contribution in [2.75, 3.05) is 5.73 Å². The number of nitrogens with two attached hydrogens (primary N) is 1. The molecule has 1 aromatic heterocycles. The summed E-state index contributed by atoms with van der Waals surface area (Å²) in [5.41, 5.74) is 10.0. The number of benzene rings is 2. The van der Waals surface area contributed by atoms with E-state index in [1.807, 2.05) is 30.3 Å². The number of thioether (sulfide) groups is 1. The van der Waals surface area contributed by atoms with Crippen LogP contribution in [0.1, 0.15) is 11.1 Å². The largest absolute Gasteiger partial charge is 0.431 e. The standard InChI is InChI=1S/C15H14N2O2S/c16-12-5-6-14-13(7-12)17-15(19-14)20-9-11-3-1-10(8-18)2-4-11/h1-7,18H,8-9,16H2. The molecule has 0 amide bonds. The summed E-state index contributed by atoms with van der Waals surface area (Å²) in [5, 5.41) is 9.63. The zero-order chi connectivity index (χ0) is 13.9. The summed E-state index contributed by atoms with van der Waals surface area (Å²) in [6, 6.07) is 13.3. The van der Waals surface area contributed by atoms with Crippen LogP contribution in [0.15, 0.2) is 52.1 Å². The molecule has 0 atom stereocenters. The lowest BCUT2D eigenvalue weighted by Gasteiger charge is -2.00. The smallest absolute Gasteiger partial charge is 0.257 e. The summed E-state index contributed by atoms with van der Waals surface area (Å²) in [5.74, 6) is 0.772. The Labute approximate surface area is 120 Å². The van der Waals surface area contributed by atoms with Crippen LogP contribution in [0.5, 0.6) is 0 Å². The van der Waals surface area contributed by atoms with Gasteiger partial charge in [0.1, 0.15) is 5.52 Å². The highest BCUT2D eigenvalue weighted by atomic mass is 32.2. The van der Waals surface area contributed by atoms with Gasteiger partial charge in [-0.15, -0.1) is 0 Å². The van der Waals surface area contributed by atoms with Crippen molar-refractivity contribution in [2.45, 2.75) is 17.6 Å². The molecule has 0 saturated carbocycles. The highest BCUT2D eigenvalue weighted by molar-refractivity contribution is 7.98. The second-order valence-corrected chi connectivity index (χ2v) is 5.40. The molecule has 2 aromatic carbocycles. The van der Waals surface area contributed by atoms with E-state index in [2.05, 4.69) is 4.98 Å². The van der Waals surface area contributed by atoms with Crippen molar-refractivity contribution in [3.8, 4) is 0 Å². The van der Waals surface area contributed by atoms with Gasteiger partial charge in [-0.05, 0) is 29.3 Å². The maximum atomic E-state index is 9.00.